The minimum Gasteiger partial charge on any atom is -0.469 e. The van der Waals surface area contributed by atoms with E-state index in [0.29, 0.717) is 24.3 Å². The Morgan fingerprint density at radius 3 is 2.54 bits per heavy atom. The molecule has 24 heavy (non-hydrogen) atoms. The lowest BCUT2D eigenvalue weighted by Crippen LogP contribution is -2.61. The third-order valence-electron chi connectivity index (χ3n) is 8.58. The molecule has 0 radical (unpaired) electrons. The molecular formula is C20H31NO3. The van der Waals surface area contributed by atoms with Crippen LogP contribution < -0.4 is 5.32 Å². The molecule has 4 heteroatoms. The number of carbonyl (C=O) groups is 2. The lowest BCUT2D eigenvalue weighted by atomic mass is 9.47. The number of ether oxygens (including phenoxy) is 1. The van der Waals surface area contributed by atoms with Crippen molar-refractivity contribution in [3.63, 3.8) is 0 Å². The molecule has 3 aliphatic carbocycles. The Labute approximate surface area is 145 Å². The highest BCUT2D eigenvalue weighted by Crippen LogP contribution is 2.65. The molecular weight excluding hydrogens is 302 g/mol. The summed E-state index contributed by atoms with van der Waals surface area (Å²) in [6.45, 7) is 4.77. The van der Waals surface area contributed by atoms with Crippen molar-refractivity contribution in [2.45, 2.75) is 71.3 Å². The van der Waals surface area contributed by atoms with E-state index in [9.17, 15) is 9.59 Å². The lowest BCUT2D eigenvalue weighted by molar-refractivity contribution is -0.155. The fraction of sp³-hybridized carbons (Fsp3) is 0.900. The highest BCUT2D eigenvalue weighted by atomic mass is 16.5. The number of amides is 1. The van der Waals surface area contributed by atoms with Crippen molar-refractivity contribution in [1.82, 2.24) is 5.32 Å². The van der Waals surface area contributed by atoms with Crippen LogP contribution in [0, 0.1) is 34.5 Å². The zero-order valence-electron chi connectivity index (χ0n) is 15.3. The SMILES string of the molecule is COC(=O)[C@H]1CCC2C3CC[C@H]4NC(=O)CC[C@]4(C)C3CC[C@@]21C. The summed E-state index contributed by atoms with van der Waals surface area (Å²) in [6.07, 6.45) is 8.54. The van der Waals surface area contributed by atoms with Gasteiger partial charge in [-0.2, -0.15) is 0 Å². The number of carbonyl (C=O) groups excluding carboxylic acids is 2. The predicted octanol–water partition coefficient (Wildman–Crippen LogP) is 3.30. The highest BCUT2D eigenvalue weighted by Gasteiger charge is 2.61. The van der Waals surface area contributed by atoms with Crippen molar-refractivity contribution in [3.8, 4) is 0 Å². The van der Waals surface area contributed by atoms with Crippen LogP contribution in [0.25, 0.3) is 0 Å². The van der Waals surface area contributed by atoms with Crippen LogP contribution in [0.2, 0.25) is 0 Å². The molecule has 1 saturated heterocycles. The largest absolute Gasteiger partial charge is 0.469 e. The van der Waals surface area contributed by atoms with Crippen LogP contribution in [0.1, 0.15) is 65.2 Å². The van der Waals surface area contributed by atoms with Gasteiger partial charge >= 0.3 is 5.97 Å². The first-order chi connectivity index (χ1) is 11.4. The van der Waals surface area contributed by atoms with E-state index in [1.165, 1.54) is 26.4 Å². The Bertz CT molecular complexity index is 561. The molecule has 0 bridgehead atoms. The Balaban J connectivity index is 1.61. The van der Waals surface area contributed by atoms with Crippen LogP contribution in [0.3, 0.4) is 0 Å². The van der Waals surface area contributed by atoms with Gasteiger partial charge in [-0.25, -0.2) is 0 Å². The summed E-state index contributed by atoms with van der Waals surface area (Å²) in [4.78, 5) is 24.1. The van der Waals surface area contributed by atoms with Crippen molar-refractivity contribution in [1.29, 1.82) is 0 Å². The van der Waals surface area contributed by atoms with E-state index in [0.717, 1.165) is 31.6 Å². The van der Waals surface area contributed by atoms with Crippen molar-refractivity contribution in [2.75, 3.05) is 7.11 Å². The number of rotatable bonds is 1. The van der Waals surface area contributed by atoms with Crippen molar-refractivity contribution < 1.29 is 14.3 Å². The molecule has 7 atom stereocenters. The van der Waals surface area contributed by atoms with Gasteiger partial charge in [0.1, 0.15) is 0 Å². The molecule has 4 aliphatic rings. The van der Waals surface area contributed by atoms with Crippen LogP contribution in [0.5, 0.6) is 0 Å². The van der Waals surface area contributed by atoms with Gasteiger partial charge in [0.05, 0.1) is 13.0 Å². The van der Waals surface area contributed by atoms with Crippen LogP contribution in [-0.4, -0.2) is 25.0 Å². The molecule has 3 unspecified atom stereocenters. The van der Waals surface area contributed by atoms with Gasteiger partial charge in [0.15, 0.2) is 0 Å². The topological polar surface area (TPSA) is 55.4 Å². The number of piperidine rings is 1. The summed E-state index contributed by atoms with van der Waals surface area (Å²) in [7, 11) is 1.53. The first kappa shape index (κ1) is 16.4. The molecule has 0 aromatic rings. The van der Waals surface area contributed by atoms with Crippen molar-refractivity contribution >= 4 is 11.9 Å². The molecule has 134 valence electrons. The fourth-order valence-electron chi connectivity index (χ4n) is 7.23. The average molecular weight is 333 g/mol. The maximum atomic E-state index is 12.3. The van der Waals surface area contributed by atoms with Gasteiger partial charge in [0, 0.05) is 12.5 Å². The van der Waals surface area contributed by atoms with Gasteiger partial charge in [0.2, 0.25) is 5.91 Å². The monoisotopic (exact) mass is 333 g/mol. The van der Waals surface area contributed by atoms with E-state index in [1.807, 2.05) is 0 Å². The molecule has 1 aliphatic heterocycles. The van der Waals surface area contributed by atoms with E-state index in [2.05, 4.69) is 19.2 Å². The van der Waals surface area contributed by atoms with Crippen LogP contribution in [-0.2, 0) is 14.3 Å². The number of hydrogen-bond acceptors (Lipinski definition) is 3. The smallest absolute Gasteiger partial charge is 0.309 e. The van der Waals surface area contributed by atoms with Gasteiger partial charge < -0.3 is 10.1 Å². The molecule has 4 nitrogen and oxygen atoms in total. The van der Waals surface area contributed by atoms with Crippen LogP contribution in [0.4, 0.5) is 0 Å². The second-order valence-corrected chi connectivity index (χ2v) is 9.28. The normalized spacial score (nSPS) is 50.3. The minimum atomic E-state index is 0.00303. The van der Waals surface area contributed by atoms with Gasteiger partial charge in [0.25, 0.3) is 0 Å². The Hall–Kier alpha value is -1.06. The zero-order valence-corrected chi connectivity index (χ0v) is 15.3. The molecule has 0 aromatic heterocycles. The molecule has 0 aromatic carbocycles. The second-order valence-electron chi connectivity index (χ2n) is 9.28. The average Bonchev–Trinajstić information content (AvgIpc) is 2.92. The summed E-state index contributed by atoms with van der Waals surface area (Å²) in [5.41, 5.74) is 0.372. The second kappa shape index (κ2) is 5.47. The molecule has 0 spiro atoms. The number of fused-ring (bicyclic) bond motifs is 5. The van der Waals surface area contributed by atoms with Crippen LogP contribution >= 0.6 is 0 Å². The molecule has 4 fully saturated rings. The summed E-state index contributed by atoms with van der Waals surface area (Å²) in [5.74, 6) is 2.40. The minimum absolute atomic E-state index is 0.00303. The maximum Gasteiger partial charge on any atom is 0.309 e. The molecule has 1 heterocycles. The molecule has 4 rings (SSSR count). The predicted molar refractivity (Wildman–Crippen MR) is 91.1 cm³/mol. The molecule has 1 amide bonds. The summed E-state index contributed by atoms with van der Waals surface area (Å²) >= 11 is 0. The Morgan fingerprint density at radius 2 is 1.79 bits per heavy atom. The quantitative estimate of drug-likeness (QED) is 0.749. The third-order valence-corrected chi connectivity index (χ3v) is 8.58. The number of hydrogen-bond donors (Lipinski definition) is 1. The highest BCUT2D eigenvalue weighted by molar-refractivity contribution is 5.77. The van der Waals surface area contributed by atoms with E-state index >= 15 is 0 Å². The first-order valence-corrected chi connectivity index (χ1v) is 9.77. The van der Waals surface area contributed by atoms with Crippen molar-refractivity contribution in [2.24, 2.45) is 34.5 Å². The van der Waals surface area contributed by atoms with Gasteiger partial charge in [-0.15, -0.1) is 0 Å². The first-order valence-electron chi connectivity index (χ1n) is 9.77. The number of nitrogens with one attached hydrogen (secondary N) is 1. The summed E-state index contributed by atoms with van der Waals surface area (Å²) in [5, 5.41) is 3.28. The van der Waals surface area contributed by atoms with E-state index in [4.69, 9.17) is 4.74 Å². The standard InChI is InChI=1S/C20H31NO3/c1-19-10-8-14-12(13(19)5-6-15(19)18(23)24-3)4-7-16-20(14,2)11-9-17(22)21-16/h12-16H,4-11H2,1-3H3,(H,21,22)/t12?,13?,14?,15-,16-,19+,20-/m1/s1. The van der Waals surface area contributed by atoms with Gasteiger partial charge in [-0.3, -0.25) is 9.59 Å². The fourth-order valence-corrected chi connectivity index (χ4v) is 7.23. The lowest BCUT2D eigenvalue weighted by Gasteiger charge is -2.60. The third kappa shape index (κ3) is 2.10. The Morgan fingerprint density at radius 1 is 1.04 bits per heavy atom. The number of esters is 1. The molecule has 3 saturated carbocycles. The number of methoxy groups -OCH3 is 1. The summed E-state index contributed by atoms with van der Waals surface area (Å²) < 4.78 is 5.12. The van der Waals surface area contributed by atoms with E-state index < -0.39 is 0 Å². The van der Waals surface area contributed by atoms with Crippen molar-refractivity contribution in [3.05, 3.63) is 0 Å². The van der Waals surface area contributed by atoms with Gasteiger partial charge in [-0.1, -0.05) is 13.8 Å². The van der Waals surface area contributed by atoms with Crippen LogP contribution in [0.15, 0.2) is 0 Å². The maximum absolute atomic E-state index is 12.3. The zero-order chi connectivity index (χ0) is 17.1. The van der Waals surface area contributed by atoms with E-state index in [-0.39, 0.29) is 28.6 Å². The Kier molecular flexibility index (Phi) is 3.74. The molecule has 1 N–H and O–H groups in total. The van der Waals surface area contributed by atoms with Gasteiger partial charge in [-0.05, 0) is 73.5 Å². The summed E-state index contributed by atoms with van der Waals surface area (Å²) in [6, 6.07) is 0.363. The van der Waals surface area contributed by atoms with E-state index in [1.54, 1.807) is 0 Å².